The molecule has 2 fully saturated rings. The van der Waals surface area contributed by atoms with E-state index in [0.717, 1.165) is 17.8 Å². The van der Waals surface area contributed by atoms with E-state index in [2.05, 4.69) is 31.4 Å². The SMILES string of the molecule is C=CCCC1CCC(C2CCC(c3ccc(OC(=O)C(=C)CO)cc3)CC2)CC1. The molecule has 1 aromatic carbocycles. The van der Waals surface area contributed by atoms with E-state index in [-0.39, 0.29) is 12.2 Å². The van der Waals surface area contributed by atoms with Crippen molar-refractivity contribution in [1.82, 2.24) is 0 Å². The highest BCUT2D eigenvalue weighted by molar-refractivity contribution is 5.89. The normalized spacial score (nSPS) is 27.2. The van der Waals surface area contributed by atoms with Gasteiger partial charge in [0.15, 0.2) is 0 Å². The first kappa shape index (κ1) is 21.8. The van der Waals surface area contributed by atoms with Crippen molar-refractivity contribution in [2.75, 3.05) is 6.61 Å². The van der Waals surface area contributed by atoms with Crippen LogP contribution >= 0.6 is 0 Å². The van der Waals surface area contributed by atoms with Crippen molar-refractivity contribution in [3.05, 3.63) is 54.6 Å². The van der Waals surface area contributed by atoms with E-state index in [4.69, 9.17) is 9.84 Å². The van der Waals surface area contributed by atoms with Gasteiger partial charge in [-0.1, -0.05) is 37.6 Å². The van der Waals surface area contributed by atoms with Crippen LogP contribution in [-0.4, -0.2) is 17.7 Å². The second-order valence-corrected chi connectivity index (χ2v) is 8.98. The maximum absolute atomic E-state index is 11.7. The van der Waals surface area contributed by atoms with Crippen LogP contribution in [0.25, 0.3) is 0 Å². The third-order valence-corrected chi connectivity index (χ3v) is 7.15. The smallest absolute Gasteiger partial charge is 0.341 e. The van der Waals surface area contributed by atoms with E-state index in [1.807, 2.05) is 12.1 Å². The Morgan fingerprint density at radius 2 is 1.59 bits per heavy atom. The van der Waals surface area contributed by atoms with Crippen molar-refractivity contribution in [1.29, 1.82) is 0 Å². The highest BCUT2D eigenvalue weighted by Gasteiger charge is 2.31. The number of esters is 1. The Balaban J connectivity index is 1.44. The van der Waals surface area contributed by atoms with Crippen LogP contribution in [0.15, 0.2) is 49.1 Å². The monoisotopic (exact) mass is 396 g/mol. The molecular formula is C26H36O3. The Labute approximate surface area is 175 Å². The van der Waals surface area contributed by atoms with E-state index in [1.54, 1.807) is 0 Å². The van der Waals surface area contributed by atoms with Gasteiger partial charge in [0, 0.05) is 0 Å². The molecule has 0 spiro atoms. The van der Waals surface area contributed by atoms with Gasteiger partial charge in [0.1, 0.15) is 5.75 Å². The number of hydrogen-bond donors (Lipinski definition) is 1. The van der Waals surface area contributed by atoms with Crippen LogP contribution in [0, 0.1) is 17.8 Å². The number of hydrogen-bond acceptors (Lipinski definition) is 3. The molecule has 158 valence electrons. The van der Waals surface area contributed by atoms with Gasteiger partial charge in [0.2, 0.25) is 0 Å². The molecule has 0 amide bonds. The fourth-order valence-electron chi connectivity index (χ4n) is 5.28. The molecule has 0 aliphatic heterocycles. The molecule has 0 aromatic heterocycles. The summed E-state index contributed by atoms with van der Waals surface area (Å²) in [5.41, 5.74) is 1.42. The summed E-state index contributed by atoms with van der Waals surface area (Å²) >= 11 is 0. The Bertz CT molecular complexity index is 674. The topological polar surface area (TPSA) is 46.5 Å². The molecule has 2 saturated carbocycles. The van der Waals surface area contributed by atoms with Crippen LogP contribution in [-0.2, 0) is 4.79 Å². The maximum Gasteiger partial charge on any atom is 0.341 e. The van der Waals surface area contributed by atoms with Crippen molar-refractivity contribution < 1.29 is 14.6 Å². The molecule has 1 aromatic rings. The number of aliphatic hydroxyl groups is 1. The Morgan fingerprint density at radius 3 is 2.14 bits per heavy atom. The van der Waals surface area contributed by atoms with Gasteiger partial charge in [0.05, 0.1) is 12.2 Å². The Morgan fingerprint density at radius 1 is 1.00 bits per heavy atom. The molecule has 3 nitrogen and oxygen atoms in total. The predicted molar refractivity (Wildman–Crippen MR) is 118 cm³/mol. The lowest BCUT2D eigenvalue weighted by Crippen LogP contribution is -2.25. The summed E-state index contributed by atoms with van der Waals surface area (Å²) in [6, 6.07) is 7.88. The van der Waals surface area contributed by atoms with E-state index in [9.17, 15) is 4.79 Å². The average molecular weight is 397 g/mol. The van der Waals surface area contributed by atoms with E-state index in [1.165, 1.54) is 69.8 Å². The number of allylic oxidation sites excluding steroid dienone is 1. The lowest BCUT2D eigenvalue weighted by Gasteiger charge is -2.38. The molecule has 0 bridgehead atoms. The minimum atomic E-state index is -0.569. The van der Waals surface area contributed by atoms with Crippen LogP contribution in [0.3, 0.4) is 0 Å². The molecule has 1 N–H and O–H groups in total. The summed E-state index contributed by atoms with van der Waals surface area (Å²) in [5.74, 6) is 3.35. The van der Waals surface area contributed by atoms with E-state index >= 15 is 0 Å². The summed E-state index contributed by atoms with van der Waals surface area (Å²) < 4.78 is 5.23. The van der Waals surface area contributed by atoms with Crippen molar-refractivity contribution >= 4 is 5.97 Å². The number of rotatable bonds is 8. The lowest BCUT2D eigenvalue weighted by molar-refractivity contribution is -0.130. The van der Waals surface area contributed by atoms with E-state index < -0.39 is 5.97 Å². The summed E-state index contributed by atoms with van der Waals surface area (Å²) in [7, 11) is 0. The summed E-state index contributed by atoms with van der Waals surface area (Å²) in [6.45, 7) is 6.97. The molecule has 2 aliphatic rings. The lowest BCUT2D eigenvalue weighted by atomic mass is 9.68. The van der Waals surface area contributed by atoms with Gasteiger partial charge in [-0.05, 0) is 92.7 Å². The first-order chi connectivity index (χ1) is 14.1. The van der Waals surface area contributed by atoms with Crippen LogP contribution in [0.2, 0.25) is 0 Å². The van der Waals surface area contributed by atoms with Gasteiger partial charge in [-0.2, -0.15) is 0 Å². The number of aliphatic hydroxyl groups excluding tert-OH is 1. The predicted octanol–water partition coefficient (Wildman–Crippen LogP) is 6.19. The minimum absolute atomic E-state index is 0.0714. The van der Waals surface area contributed by atoms with Crippen LogP contribution in [0.5, 0.6) is 5.75 Å². The zero-order chi connectivity index (χ0) is 20.6. The van der Waals surface area contributed by atoms with Gasteiger partial charge in [-0.25, -0.2) is 4.79 Å². The van der Waals surface area contributed by atoms with Crippen molar-refractivity contribution in [3.63, 3.8) is 0 Å². The van der Waals surface area contributed by atoms with Gasteiger partial charge in [-0.15, -0.1) is 6.58 Å². The molecule has 3 rings (SSSR count). The summed E-state index contributed by atoms with van der Waals surface area (Å²) in [6.07, 6.45) is 15.5. The van der Waals surface area contributed by atoms with Crippen molar-refractivity contribution in [3.8, 4) is 5.75 Å². The van der Waals surface area contributed by atoms with Crippen LogP contribution in [0.1, 0.15) is 75.7 Å². The number of carbonyl (C=O) groups is 1. The van der Waals surface area contributed by atoms with Crippen LogP contribution in [0.4, 0.5) is 0 Å². The fourth-order valence-corrected chi connectivity index (χ4v) is 5.28. The van der Waals surface area contributed by atoms with Gasteiger partial charge < -0.3 is 9.84 Å². The number of carbonyl (C=O) groups excluding carboxylic acids is 1. The molecule has 0 unspecified atom stereocenters. The van der Waals surface area contributed by atoms with Gasteiger partial charge in [-0.3, -0.25) is 0 Å². The zero-order valence-electron chi connectivity index (χ0n) is 17.7. The maximum atomic E-state index is 11.7. The molecule has 3 heteroatoms. The quantitative estimate of drug-likeness (QED) is 0.247. The second kappa shape index (κ2) is 10.8. The van der Waals surface area contributed by atoms with Gasteiger partial charge in [0.25, 0.3) is 0 Å². The summed E-state index contributed by atoms with van der Waals surface area (Å²) in [4.78, 5) is 11.7. The zero-order valence-corrected chi connectivity index (χ0v) is 17.7. The highest BCUT2D eigenvalue weighted by atomic mass is 16.5. The first-order valence-electron chi connectivity index (χ1n) is 11.3. The Hall–Kier alpha value is -1.87. The summed E-state index contributed by atoms with van der Waals surface area (Å²) in [5, 5.41) is 8.96. The minimum Gasteiger partial charge on any atom is -0.423 e. The van der Waals surface area contributed by atoms with E-state index in [0.29, 0.717) is 11.7 Å². The average Bonchev–Trinajstić information content (AvgIpc) is 2.78. The Kier molecular flexibility index (Phi) is 8.11. The molecular weight excluding hydrogens is 360 g/mol. The van der Waals surface area contributed by atoms with Crippen LogP contribution < -0.4 is 4.74 Å². The van der Waals surface area contributed by atoms with Gasteiger partial charge >= 0.3 is 5.97 Å². The molecule has 0 saturated heterocycles. The number of ether oxygens (including phenoxy) is 1. The highest BCUT2D eigenvalue weighted by Crippen LogP contribution is 2.44. The van der Waals surface area contributed by atoms with Crippen molar-refractivity contribution in [2.24, 2.45) is 17.8 Å². The molecule has 0 atom stereocenters. The molecule has 0 heterocycles. The fraction of sp³-hybridized carbons (Fsp3) is 0.577. The second-order valence-electron chi connectivity index (χ2n) is 8.98. The third-order valence-electron chi connectivity index (χ3n) is 7.15. The first-order valence-corrected chi connectivity index (χ1v) is 11.3. The molecule has 29 heavy (non-hydrogen) atoms. The van der Waals surface area contributed by atoms with Crippen molar-refractivity contribution in [2.45, 2.75) is 70.1 Å². The molecule has 2 aliphatic carbocycles. The number of benzene rings is 1. The largest absolute Gasteiger partial charge is 0.423 e. The molecule has 0 radical (unpaired) electrons. The standard InChI is InChI=1S/C26H36O3/c1-3-4-5-20-6-8-21(9-7-20)22-10-12-23(13-11-22)24-14-16-25(17-15-24)29-26(28)19(2)18-27/h3,14-17,20-23,27H,1-2,4-13,18H2. The third kappa shape index (κ3) is 6.05.